The number of nitrogens with zero attached hydrogens (tertiary/aromatic N) is 1. The molecule has 0 fully saturated rings. The normalized spacial score (nSPS) is 13.1. The number of rotatable bonds is 49. The smallest absolute Gasteiger partial charge is 0.362 e. The average Bonchev–Trinajstić information content (AvgIpc) is 3.26. The largest absolute Gasteiger partial charge is 0.477 e. The molecule has 0 bridgehead atoms. The van der Waals surface area contributed by atoms with Gasteiger partial charge in [0.25, 0.3) is 0 Å². The summed E-state index contributed by atoms with van der Waals surface area (Å²) in [6.07, 6.45) is 56.2. The molecule has 0 rings (SSSR count). The molecule has 0 spiro atoms. The number of carbonyl (C=O) groups excluding carboxylic acids is 2. The fourth-order valence-corrected chi connectivity index (χ4v) is 8.06. The lowest BCUT2D eigenvalue weighted by molar-refractivity contribution is -0.887. The number of carboxylic acids is 1. The molecule has 2 unspecified atom stereocenters. The number of unbranched alkanes of at least 4 members (excludes halogenated alkanes) is 29. The number of hydrogen-bond acceptors (Lipinski definition) is 6. The summed E-state index contributed by atoms with van der Waals surface area (Å²) >= 11 is 0. The molecule has 0 radical (unpaired) electrons. The molecule has 374 valence electrons. The number of aliphatic carboxylic acids is 1. The zero-order chi connectivity index (χ0) is 47.0. The summed E-state index contributed by atoms with van der Waals surface area (Å²) in [5.74, 6) is -1.46. The maximum atomic E-state index is 12.8. The molecule has 0 aromatic rings. The van der Waals surface area contributed by atoms with Crippen LogP contribution in [0.5, 0.6) is 0 Å². The molecular formula is C56H104NO7+. The number of carbonyl (C=O) groups is 3. The van der Waals surface area contributed by atoms with Crippen LogP contribution in [-0.4, -0.2) is 80.6 Å². The van der Waals surface area contributed by atoms with Crippen LogP contribution in [0.25, 0.3) is 0 Å². The third-order valence-corrected chi connectivity index (χ3v) is 12.3. The van der Waals surface area contributed by atoms with Crippen LogP contribution in [0.15, 0.2) is 36.5 Å². The van der Waals surface area contributed by atoms with E-state index in [1.165, 1.54) is 173 Å². The Bertz CT molecular complexity index is 1140. The fraction of sp³-hybridized carbons (Fsp3) is 0.839. The number of likely N-dealkylation sites (N-methyl/N-ethyl adjacent to an activating group) is 1. The third kappa shape index (κ3) is 44.7. The molecule has 0 aliphatic heterocycles. The van der Waals surface area contributed by atoms with Crippen LogP contribution in [0, 0.1) is 0 Å². The molecule has 8 heteroatoms. The van der Waals surface area contributed by atoms with Crippen molar-refractivity contribution in [3.8, 4) is 0 Å². The second kappa shape index (κ2) is 47.1. The summed E-state index contributed by atoms with van der Waals surface area (Å²) in [5.41, 5.74) is 0. The molecule has 64 heavy (non-hydrogen) atoms. The lowest BCUT2D eigenvalue weighted by Gasteiger charge is -2.31. The van der Waals surface area contributed by atoms with Crippen LogP contribution in [0.4, 0.5) is 0 Å². The first kappa shape index (κ1) is 61.5. The van der Waals surface area contributed by atoms with Gasteiger partial charge >= 0.3 is 17.9 Å². The Kier molecular flexibility index (Phi) is 45.3. The van der Waals surface area contributed by atoms with Gasteiger partial charge in [0.1, 0.15) is 6.61 Å². The molecular weight excluding hydrogens is 799 g/mol. The predicted molar refractivity (Wildman–Crippen MR) is 271 cm³/mol. The minimum absolute atomic E-state index is 0.0515. The fourth-order valence-electron chi connectivity index (χ4n) is 8.06. The Morgan fingerprint density at radius 2 is 0.828 bits per heavy atom. The highest BCUT2D eigenvalue weighted by molar-refractivity contribution is 5.72. The second-order valence-electron chi connectivity index (χ2n) is 19.5. The van der Waals surface area contributed by atoms with Gasteiger partial charge in [-0.05, 0) is 70.6 Å². The molecule has 0 aromatic heterocycles. The molecule has 8 nitrogen and oxygen atoms in total. The quantitative estimate of drug-likeness (QED) is 0.0281. The van der Waals surface area contributed by atoms with E-state index in [-0.39, 0.29) is 36.2 Å². The summed E-state index contributed by atoms with van der Waals surface area (Å²) < 4.78 is 17.4. The van der Waals surface area contributed by atoms with Gasteiger partial charge < -0.3 is 23.8 Å². The number of hydrogen-bond donors (Lipinski definition) is 1. The van der Waals surface area contributed by atoms with Gasteiger partial charge in [-0.25, -0.2) is 4.79 Å². The van der Waals surface area contributed by atoms with Crippen molar-refractivity contribution < 1.29 is 38.2 Å². The van der Waals surface area contributed by atoms with Gasteiger partial charge in [0, 0.05) is 19.3 Å². The molecule has 2 atom stereocenters. The zero-order valence-corrected chi connectivity index (χ0v) is 42.7. The Hall–Kier alpha value is -2.45. The van der Waals surface area contributed by atoms with Gasteiger partial charge in [-0.1, -0.05) is 198 Å². The molecule has 0 saturated heterocycles. The first-order valence-electron chi connectivity index (χ1n) is 27.0. The van der Waals surface area contributed by atoms with Crippen molar-refractivity contribution in [1.29, 1.82) is 0 Å². The Morgan fingerprint density at radius 3 is 1.22 bits per heavy atom. The molecule has 0 amide bonds. The van der Waals surface area contributed by atoms with E-state index in [1.807, 2.05) is 21.1 Å². The molecule has 0 saturated carbocycles. The lowest BCUT2D eigenvalue weighted by Crippen LogP contribution is -2.50. The van der Waals surface area contributed by atoms with Crippen LogP contribution >= 0.6 is 0 Å². The summed E-state index contributed by atoms with van der Waals surface area (Å²) in [6, 6.07) is -0.616. The van der Waals surface area contributed by atoms with Crippen LogP contribution in [0.1, 0.15) is 251 Å². The van der Waals surface area contributed by atoms with Gasteiger partial charge in [0.05, 0.1) is 34.4 Å². The summed E-state index contributed by atoms with van der Waals surface area (Å²) in [5, 5.41) is 9.66. The van der Waals surface area contributed by atoms with Gasteiger partial charge in [-0.15, -0.1) is 0 Å². The highest BCUT2D eigenvalue weighted by atomic mass is 16.6. The number of carboxylic acid groups (broad SMARTS) is 1. The average molecular weight is 903 g/mol. The van der Waals surface area contributed by atoms with E-state index in [9.17, 15) is 19.5 Å². The molecule has 0 heterocycles. The molecule has 0 aromatic carbocycles. The number of allylic oxidation sites excluding steroid dienone is 6. The topological polar surface area (TPSA) is 99.1 Å². The summed E-state index contributed by atoms with van der Waals surface area (Å²) in [4.78, 5) is 37.2. The van der Waals surface area contributed by atoms with Crippen molar-refractivity contribution in [3.63, 3.8) is 0 Å². The first-order valence-corrected chi connectivity index (χ1v) is 27.0. The minimum Gasteiger partial charge on any atom is -0.477 e. The van der Waals surface area contributed by atoms with Crippen LogP contribution in [0.3, 0.4) is 0 Å². The first-order chi connectivity index (χ1) is 31.1. The number of ether oxygens (including phenoxy) is 3. The standard InChI is InChI=1S/C56H103NO7/c1-6-8-10-12-14-16-18-20-22-24-26-27-29-31-33-35-37-39-41-43-45-47-55(59)64-52(50-62-49-48-53(56(60)61)57(3,4)5)51-63-54(58)46-44-42-40-38-36-34-32-30-28-25-23-21-19-17-15-13-11-9-7-2/h18,20-21,23-24,26,52-53H,6-17,19,22,25,27-51H2,1-5H3/p+1/b20-18-,23-21-,26-24-. The van der Waals surface area contributed by atoms with E-state index in [4.69, 9.17) is 14.2 Å². The van der Waals surface area contributed by atoms with Gasteiger partial charge in [0.2, 0.25) is 0 Å². The highest BCUT2D eigenvalue weighted by Crippen LogP contribution is 2.16. The summed E-state index contributed by atoms with van der Waals surface area (Å²) in [6.45, 7) is 4.75. The van der Waals surface area contributed by atoms with Gasteiger partial charge in [0.15, 0.2) is 12.1 Å². The van der Waals surface area contributed by atoms with Crippen LogP contribution < -0.4 is 0 Å². The lowest BCUT2D eigenvalue weighted by atomic mass is 10.1. The molecule has 1 N–H and O–H groups in total. The number of quaternary nitrogens is 1. The van der Waals surface area contributed by atoms with E-state index in [2.05, 4.69) is 50.3 Å². The van der Waals surface area contributed by atoms with E-state index >= 15 is 0 Å². The highest BCUT2D eigenvalue weighted by Gasteiger charge is 2.31. The monoisotopic (exact) mass is 903 g/mol. The van der Waals surface area contributed by atoms with Crippen molar-refractivity contribution in [2.24, 2.45) is 0 Å². The molecule has 0 aliphatic rings. The van der Waals surface area contributed by atoms with E-state index in [0.29, 0.717) is 19.3 Å². The summed E-state index contributed by atoms with van der Waals surface area (Å²) in [7, 11) is 5.54. The van der Waals surface area contributed by atoms with Crippen molar-refractivity contribution >= 4 is 17.9 Å². The SMILES string of the molecule is CCCCCCC/C=C\C/C=C\CCCCCCCCCCCC(=O)OC(COCCC(C(=O)O)[N+](C)(C)C)COC(=O)CCCCCCCCCCC/C=C\CCCCCCCC. The maximum absolute atomic E-state index is 12.8. The van der Waals surface area contributed by atoms with Crippen LogP contribution in [0.2, 0.25) is 0 Å². The van der Waals surface area contributed by atoms with Gasteiger partial charge in [-0.3, -0.25) is 9.59 Å². The van der Waals surface area contributed by atoms with Gasteiger partial charge in [-0.2, -0.15) is 0 Å². The van der Waals surface area contributed by atoms with Crippen molar-refractivity contribution in [2.75, 3.05) is 41.0 Å². The Labute approximate surface area is 395 Å². The van der Waals surface area contributed by atoms with E-state index in [0.717, 1.165) is 44.9 Å². The van der Waals surface area contributed by atoms with E-state index < -0.39 is 18.1 Å². The van der Waals surface area contributed by atoms with Crippen molar-refractivity contribution in [1.82, 2.24) is 0 Å². The van der Waals surface area contributed by atoms with Crippen molar-refractivity contribution in [2.45, 2.75) is 264 Å². The Balaban J connectivity index is 4.21. The zero-order valence-electron chi connectivity index (χ0n) is 42.7. The maximum Gasteiger partial charge on any atom is 0.362 e. The Morgan fingerprint density at radius 1 is 0.469 bits per heavy atom. The minimum atomic E-state index is -0.874. The molecule has 0 aliphatic carbocycles. The number of esters is 2. The van der Waals surface area contributed by atoms with E-state index in [1.54, 1.807) is 0 Å². The van der Waals surface area contributed by atoms with Crippen LogP contribution in [-0.2, 0) is 28.6 Å². The van der Waals surface area contributed by atoms with Crippen molar-refractivity contribution in [3.05, 3.63) is 36.5 Å². The third-order valence-electron chi connectivity index (χ3n) is 12.3. The second-order valence-corrected chi connectivity index (χ2v) is 19.5. The predicted octanol–water partition coefficient (Wildman–Crippen LogP) is 15.8.